The lowest BCUT2D eigenvalue weighted by atomic mass is 10.1. The Morgan fingerprint density at radius 3 is 2.76 bits per heavy atom. The third-order valence-electron chi connectivity index (χ3n) is 5.76. The first kappa shape index (κ1) is 21.1. The molecule has 0 radical (unpaired) electrons. The summed E-state index contributed by atoms with van der Waals surface area (Å²) in [6.07, 6.45) is 7.26. The summed E-state index contributed by atoms with van der Waals surface area (Å²) in [7, 11) is 3.22. The number of aromatic nitrogens is 3. The van der Waals surface area contributed by atoms with E-state index in [1.165, 1.54) is 24.4 Å². The molecule has 3 aromatic rings. The molecule has 2 unspecified atom stereocenters. The molecule has 168 valence electrons. The number of fused-ring (bicyclic) bond motifs is 2. The number of ether oxygens (including phenoxy) is 1. The molecule has 0 amide bonds. The van der Waals surface area contributed by atoms with Crippen molar-refractivity contribution in [2.75, 3.05) is 14.2 Å². The van der Waals surface area contributed by atoms with E-state index >= 15 is 4.39 Å². The van der Waals surface area contributed by atoms with Gasteiger partial charge in [-0.15, -0.1) is 0 Å². The Balaban J connectivity index is 1.56. The van der Waals surface area contributed by atoms with Gasteiger partial charge in [-0.2, -0.15) is 5.10 Å². The maximum Gasteiger partial charge on any atom is 0.260 e. The Labute approximate surface area is 193 Å². The van der Waals surface area contributed by atoms with E-state index in [1.54, 1.807) is 59.4 Å². The fraction of sp³-hybridized carbons (Fsp3) is 0.217. The zero-order valence-electron chi connectivity index (χ0n) is 18.1. The zero-order valence-corrected chi connectivity index (χ0v) is 18.9. The lowest BCUT2D eigenvalue weighted by Gasteiger charge is -2.31. The third-order valence-corrected chi connectivity index (χ3v) is 5.99. The highest BCUT2D eigenvalue weighted by atomic mass is 35.5. The topological polar surface area (TPSA) is 75.8 Å². The SMILES string of the molecule is COc1cnc2ccn(C(C)C3=NN(C)C4C(F)=CC(c5ccc(Cl)cn5)=CN34)c(=O)c2c1. The first-order valence-corrected chi connectivity index (χ1v) is 10.6. The number of halogens is 2. The van der Waals surface area contributed by atoms with Crippen molar-refractivity contribution >= 4 is 33.9 Å². The first-order chi connectivity index (χ1) is 15.9. The molecule has 0 spiro atoms. The van der Waals surface area contributed by atoms with Crippen LogP contribution >= 0.6 is 11.6 Å². The van der Waals surface area contributed by atoms with E-state index in [-0.39, 0.29) is 11.4 Å². The lowest BCUT2D eigenvalue weighted by Crippen LogP contribution is -2.42. The second kappa shape index (κ2) is 8.00. The van der Waals surface area contributed by atoms with Crippen molar-refractivity contribution < 1.29 is 9.13 Å². The molecule has 33 heavy (non-hydrogen) atoms. The fourth-order valence-corrected chi connectivity index (χ4v) is 4.19. The van der Waals surface area contributed by atoms with Crippen LogP contribution in [0.15, 0.2) is 70.9 Å². The summed E-state index contributed by atoms with van der Waals surface area (Å²) in [5.41, 5.74) is 1.48. The number of hydrazone groups is 1. The van der Waals surface area contributed by atoms with Gasteiger partial charge in [0.15, 0.2) is 12.0 Å². The van der Waals surface area contributed by atoms with Crippen molar-refractivity contribution in [1.82, 2.24) is 24.4 Å². The second-order valence-corrected chi connectivity index (χ2v) is 8.24. The summed E-state index contributed by atoms with van der Waals surface area (Å²) in [6.45, 7) is 1.85. The highest BCUT2D eigenvalue weighted by Gasteiger charge is 2.39. The van der Waals surface area contributed by atoms with Gasteiger partial charge >= 0.3 is 0 Å². The van der Waals surface area contributed by atoms with Crippen LogP contribution in [-0.2, 0) is 0 Å². The first-order valence-electron chi connectivity index (χ1n) is 10.2. The molecule has 2 aliphatic heterocycles. The molecule has 2 atom stereocenters. The molecule has 0 fully saturated rings. The van der Waals surface area contributed by atoms with Crippen LogP contribution < -0.4 is 10.3 Å². The average Bonchev–Trinajstić information content (AvgIpc) is 3.16. The quantitative estimate of drug-likeness (QED) is 0.582. The van der Waals surface area contributed by atoms with Crippen LogP contribution in [0.1, 0.15) is 18.7 Å². The molecule has 0 aliphatic carbocycles. The summed E-state index contributed by atoms with van der Waals surface area (Å²) < 4.78 is 21.9. The highest BCUT2D eigenvalue weighted by Crippen LogP contribution is 2.34. The molecule has 2 aliphatic rings. The molecule has 0 saturated heterocycles. The molecule has 5 heterocycles. The molecule has 0 N–H and O–H groups in total. The van der Waals surface area contributed by atoms with Crippen molar-refractivity contribution in [3.8, 4) is 5.75 Å². The summed E-state index contributed by atoms with van der Waals surface area (Å²) in [5.74, 6) is 0.640. The fourth-order valence-electron chi connectivity index (χ4n) is 4.08. The van der Waals surface area contributed by atoms with Crippen LogP contribution in [0.5, 0.6) is 5.75 Å². The van der Waals surface area contributed by atoms with Crippen LogP contribution in [0.3, 0.4) is 0 Å². The van der Waals surface area contributed by atoms with Gasteiger partial charge in [0.2, 0.25) is 0 Å². The van der Waals surface area contributed by atoms with Crippen LogP contribution in [0.2, 0.25) is 5.02 Å². The zero-order chi connectivity index (χ0) is 23.3. The van der Waals surface area contributed by atoms with Gasteiger partial charge in [0, 0.05) is 31.2 Å². The van der Waals surface area contributed by atoms with Gasteiger partial charge in [-0.05, 0) is 37.3 Å². The van der Waals surface area contributed by atoms with Gasteiger partial charge in [-0.3, -0.25) is 19.8 Å². The largest absolute Gasteiger partial charge is 0.495 e. The van der Waals surface area contributed by atoms with Crippen LogP contribution in [0.4, 0.5) is 4.39 Å². The van der Waals surface area contributed by atoms with Gasteiger partial charge in [0.05, 0.1) is 41.0 Å². The lowest BCUT2D eigenvalue weighted by molar-refractivity contribution is 0.196. The summed E-state index contributed by atoms with van der Waals surface area (Å²) in [5, 5.41) is 7.03. The number of hydrogen-bond acceptors (Lipinski definition) is 7. The van der Waals surface area contributed by atoms with E-state index < -0.39 is 12.2 Å². The number of pyridine rings is 3. The Kier molecular flexibility index (Phi) is 5.13. The smallest absolute Gasteiger partial charge is 0.260 e. The number of likely N-dealkylation sites (N-methyl/N-ethyl adjacent to an activating group) is 1. The molecular formula is C23H20ClFN6O2. The van der Waals surface area contributed by atoms with E-state index in [2.05, 4.69) is 15.1 Å². The van der Waals surface area contributed by atoms with Crippen molar-refractivity contribution in [2.24, 2.45) is 5.10 Å². The molecule has 3 aromatic heterocycles. The average molecular weight is 467 g/mol. The van der Waals surface area contributed by atoms with Crippen LogP contribution in [-0.4, -0.2) is 50.6 Å². The molecule has 0 saturated carbocycles. The predicted octanol–water partition coefficient (Wildman–Crippen LogP) is 3.81. The molecule has 10 heteroatoms. The minimum absolute atomic E-state index is 0.239. The van der Waals surface area contributed by atoms with Gasteiger partial charge in [0.1, 0.15) is 11.6 Å². The van der Waals surface area contributed by atoms with E-state index in [0.29, 0.717) is 38.8 Å². The van der Waals surface area contributed by atoms with Crippen LogP contribution in [0.25, 0.3) is 16.5 Å². The van der Waals surface area contributed by atoms with Gasteiger partial charge in [0.25, 0.3) is 5.56 Å². The van der Waals surface area contributed by atoms with E-state index in [1.807, 2.05) is 6.92 Å². The number of nitrogens with zero attached hydrogens (tertiary/aromatic N) is 6. The maximum absolute atomic E-state index is 15.1. The van der Waals surface area contributed by atoms with Crippen molar-refractivity contribution in [2.45, 2.75) is 19.1 Å². The number of hydrogen-bond donors (Lipinski definition) is 0. The summed E-state index contributed by atoms with van der Waals surface area (Å²) >= 11 is 5.94. The maximum atomic E-state index is 15.1. The van der Waals surface area contributed by atoms with Crippen molar-refractivity contribution in [3.05, 3.63) is 82.0 Å². The number of allylic oxidation sites excluding steroid dienone is 2. The molecule has 0 aromatic carbocycles. The monoisotopic (exact) mass is 466 g/mol. The number of rotatable bonds is 4. The summed E-state index contributed by atoms with van der Waals surface area (Å²) in [4.78, 5) is 23.6. The van der Waals surface area contributed by atoms with E-state index in [0.717, 1.165) is 0 Å². The number of amidine groups is 1. The van der Waals surface area contributed by atoms with Gasteiger partial charge in [-0.25, -0.2) is 4.39 Å². The van der Waals surface area contributed by atoms with E-state index in [4.69, 9.17) is 16.3 Å². The highest BCUT2D eigenvalue weighted by molar-refractivity contribution is 6.30. The van der Waals surface area contributed by atoms with Gasteiger partial charge < -0.3 is 14.2 Å². The standard InChI is InChI=1S/C23H20ClFN6O2/c1-13(30-7-6-20-17(23(30)32)9-16(33-3)11-27-20)21-28-29(2)22-18(25)8-14(12-31(21)22)19-5-4-15(24)10-26-19/h4-13,22H,1-3H3. The van der Waals surface area contributed by atoms with Crippen molar-refractivity contribution in [1.29, 1.82) is 0 Å². The van der Waals surface area contributed by atoms with E-state index in [9.17, 15) is 4.79 Å². The molecule has 5 rings (SSSR count). The third kappa shape index (κ3) is 3.54. The normalized spacial score (nSPS) is 18.6. The van der Waals surface area contributed by atoms with Crippen LogP contribution in [0, 0.1) is 0 Å². The Morgan fingerprint density at radius 2 is 2.03 bits per heavy atom. The molecular weight excluding hydrogens is 447 g/mol. The Morgan fingerprint density at radius 1 is 1.21 bits per heavy atom. The Bertz CT molecular complexity index is 1400. The summed E-state index contributed by atoms with van der Waals surface area (Å²) in [6, 6.07) is 6.37. The molecule has 8 nitrogen and oxygen atoms in total. The Hall–Kier alpha value is -3.72. The number of methoxy groups -OCH3 is 1. The minimum Gasteiger partial charge on any atom is -0.495 e. The molecule has 0 bridgehead atoms. The predicted molar refractivity (Wildman–Crippen MR) is 125 cm³/mol. The second-order valence-electron chi connectivity index (χ2n) is 7.80. The van der Waals surface area contributed by atoms with Crippen molar-refractivity contribution in [3.63, 3.8) is 0 Å². The van der Waals surface area contributed by atoms with Gasteiger partial charge in [-0.1, -0.05) is 11.6 Å². The minimum atomic E-state index is -0.726.